The van der Waals surface area contributed by atoms with Gasteiger partial charge in [0.25, 0.3) is 0 Å². The quantitative estimate of drug-likeness (QED) is 0.898. The van der Waals surface area contributed by atoms with Crippen LogP contribution in [0.3, 0.4) is 0 Å². The molecule has 2 aromatic rings. The largest absolute Gasteiger partial charge is 0.323 e. The fourth-order valence-electron chi connectivity index (χ4n) is 2.28. The minimum absolute atomic E-state index is 0.0229. The molecule has 0 spiro atoms. The zero-order valence-corrected chi connectivity index (χ0v) is 12.9. The number of amides is 2. The molecule has 1 aliphatic rings. The molecule has 1 aromatic heterocycles. The summed E-state index contributed by atoms with van der Waals surface area (Å²) in [5.74, 6) is -0.345. The summed E-state index contributed by atoms with van der Waals surface area (Å²) in [6.07, 6.45) is 1.95. The second kappa shape index (κ2) is 5.33. The van der Waals surface area contributed by atoms with Gasteiger partial charge >= 0.3 is 0 Å². The predicted molar refractivity (Wildman–Crippen MR) is 82.0 cm³/mol. The van der Waals surface area contributed by atoms with E-state index in [2.05, 4.69) is 26.3 Å². The Balaban J connectivity index is 1.89. The van der Waals surface area contributed by atoms with E-state index in [4.69, 9.17) is 0 Å². The SMILES string of the molecule is Cn1ccc(CC(=O)N2CC(=O)Nc3ccc(Br)cc32)n1. The number of hydrogen-bond acceptors (Lipinski definition) is 3. The van der Waals surface area contributed by atoms with Crippen molar-refractivity contribution in [1.82, 2.24) is 9.78 Å². The third-order valence-electron chi connectivity index (χ3n) is 3.23. The maximum atomic E-state index is 12.5. The van der Waals surface area contributed by atoms with E-state index in [0.717, 1.165) is 4.47 Å². The Morgan fingerprint density at radius 1 is 1.43 bits per heavy atom. The van der Waals surface area contributed by atoms with Crippen LogP contribution in [-0.4, -0.2) is 28.1 Å². The van der Waals surface area contributed by atoms with Crippen molar-refractivity contribution in [3.8, 4) is 0 Å². The average Bonchev–Trinajstić information content (AvgIpc) is 2.83. The molecule has 1 N–H and O–H groups in total. The normalized spacial score (nSPS) is 13.8. The fraction of sp³-hybridized carbons (Fsp3) is 0.214. The van der Waals surface area contributed by atoms with Crippen LogP contribution in [0.1, 0.15) is 5.69 Å². The van der Waals surface area contributed by atoms with Crippen molar-refractivity contribution < 1.29 is 9.59 Å². The maximum Gasteiger partial charge on any atom is 0.244 e. The number of hydrogen-bond donors (Lipinski definition) is 1. The Kier molecular flexibility index (Phi) is 3.50. The Hall–Kier alpha value is -2.15. The molecule has 1 aromatic carbocycles. The molecule has 1 aliphatic heterocycles. The Morgan fingerprint density at radius 2 is 2.24 bits per heavy atom. The molecule has 2 amide bonds. The number of aromatic nitrogens is 2. The average molecular weight is 349 g/mol. The van der Waals surface area contributed by atoms with Crippen molar-refractivity contribution >= 4 is 39.1 Å². The minimum Gasteiger partial charge on any atom is -0.323 e. The second-order valence-corrected chi connectivity index (χ2v) is 5.76. The third-order valence-corrected chi connectivity index (χ3v) is 3.72. The number of anilines is 2. The van der Waals surface area contributed by atoms with Gasteiger partial charge in [0.2, 0.25) is 11.8 Å². The van der Waals surface area contributed by atoms with Crippen LogP contribution in [0.4, 0.5) is 11.4 Å². The third kappa shape index (κ3) is 2.82. The minimum atomic E-state index is -0.195. The molecule has 0 fully saturated rings. The van der Waals surface area contributed by atoms with Gasteiger partial charge in [-0.15, -0.1) is 0 Å². The predicted octanol–water partition coefficient (Wildman–Crippen LogP) is 1.71. The summed E-state index contributed by atoms with van der Waals surface area (Å²) < 4.78 is 2.50. The van der Waals surface area contributed by atoms with Crippen LogP contribution in [0.15, 0.2) is 34.9 Å². The molecule has 7 heteroatoms. The molecule has 0 saturated heterocycles. The van der Waals surface area contributed by atoms with Crippen LogP contribution in [-0.2, 0) is 23.1 Å². The molecule has 0 unspecified atom stereocenters. The van der Waals surface area contributed by atoms with Crippen molar-refractivity contribution in [3.05, 3.63) is 40.6 Å². The molecule has 0 bridgehead atoms. The monoisotopic (exact) mass is 348 g/mol. The van der Waals surface area contributed by atoms with Crippen LogP contribution < -0.4 is 10.2 Å². The number of fused-ring (bicyclic) bond motifs is 1. The van der Waals surface area contributed by atoms with E-state index in [1.807, 2.05) is 12.1 Å². The summed E-state index contributed by atoms with van der Waals surface area (Å²) in [4.78, 5) is 25.7. The van der Waals surface area contributed by atoms with Gasteiger partial charge < -0.3 is 10.2 Å². The molecule has 2 heterocycles. The lowest BCUT2D eigenvalue weighted by molar-refractivity contribution is -0.121. The number of benzene rings is 1. The van der Waals surface area contributed by atoms with Gasteiger partial charge in [-0.1, -0.05) is 15.9 Å². The lowest BCUT2D eigenvalue weighted by Crippen LogP contribution is -2.42. The van der Waals surface area contributed by atoms with E-state index in [-0.39, 0.29) is 24.8 Å². The highest BCUT2D eigenvalue weighted by atomic mass is 79.9. The van der Waals surface area contributed by atoms with Crippen molar-refractivity contribution in [2.45, 2.75) is 6.42 Å². The first kappa shape index (κ1) is 13.8. The zero-order chi connectivity index (χ0) is 15.0. The summed E-state index contributed by atoms with van der Waals surface area (Å²) in [7, 11) is 1.80. The Labute approximate surface area is 129 Å². The summed E-state index contributed by atoms with van der Waals surface area (Å²) >= 11 is 3.39. The standard InChI is InChI=1S/C14H13BrN4O2/c1-18-5-4-10(17-18)7-14(21)19-8-13(20)16-11-3-2-9(15)6-12(11)19/h2-6H,7-8H2,1H3,(H,16,20). The van der Waals surface area contributed by atoms with Crippen LogP contribution in [0.2, 0.25) is 0 Å². The first-order chi connectivity index (χ1) is 10.0. The topological polar surface area (TPSA) is 67.2 Å². The van der Waals surface area contributed by atoms with E-state index >= 15 is 0 Å². The van der Waals surface area contributed by atoms with Gasteiger partial charge in [-0.25, -0.2) is 0 Å². The van der Waals surface area contributed by atoms with Gasteiger partial charge in [0.1, 0.15) is 6.54 Å². The first-order valence-electron chi connectivity index (χ1n) is 6.41. The molecule has 0 atom stereocenters. The maximum absolute atomic E-state index is 12.5. The Bertz CT molecular complexity index is 726. The van der Waals surface area contributed by atoms with Crippen LogP contribution in [0, 0.1) is 0 Å². The van der Waals surface area contributed by atoms with Gasteiger partial charge in [0.15, 0.2) is 0 Å². The smallest absolute Gasteiger partial charge is 0.244 e. The number of carbonyl (C=O) groups is 2. The zero-order valence-electron chi connectivity index (χ0n) is 11.3. The van der Waals surface area contributed by atoms with E-state index in [1.54, 1.807) is 30.1 Å². The highest BCUT2D eigenvalue weighted by molar-refractivity contribution is 9.10. The highest BCUT2D eigenvalue weighted by Gasteiger charge is 2.27. The molecule has 0 saturated carbocycles. The number of nitrogens with zero attached hydrogens (tertiary/aromatic N) is 3. The van der Waals surface area contributed by atoms with Crippen LogP contribution in [0.25, 0.3) is 0 Å². The van der Waals surface area contributed by atoms with E-state index < -0.39 is 0 Å². The van der Waals surface area contributed by atoms with Gasteiger partial charge in [-0.3, -0.25) is 14.3 Å². The second-order valence-electron chi connectivity index (χ2n) is 4.85. The van der Waals surface area contributed by atoms with Crippen molar-refractivity contribution in [3.63, 3.8) is 0 Å². The van der Waals surface area contributed by atoms with Gasteiger partial charge in [0, 0.05) is 17.7 Å². The summed E-state index contributed by atoms with van der Waals surface area (Å²) in [6, 6.07) is 7.22. The summed E-state index contributed by atoms with van der Waals surface area (Å²) in [6.45, 7) is 0.0229. The molecule has 3 rings (SSSR count). The van der Waals surface area contributed by atoms with Gasteiger partial charge in [0.05, 0.1) is 23.5 Å². The lowest BCUT2D eigenvalue weighted by Gasteiger charge is -2.29. The van der Waals surface area contributed by atoms with Gasteiger partial charge in [-0.05, 0) is 24.3 Å². The molecule has 108 valence electrons. The number of halogens is 1. The summed E-state index contributed by atoms with van der Waals surface area (Å²) in [5.41, 5.74) is 2.03. The van der Waals surface area contributed by atoms with E-state index in [1.165, 1.54) is 4.90 Å². The first-order valence-corrected chi connectivity index (χ1v) is 7.20. The van der Waals surface area contributed by atoms with Gasteiger partial charge in [-0.2, -0.15) is 5.10 Å². The van der Waals surface area contributed by atoms with E-state index in [0.29, 0.717) is 17.1 Å². The molecule has 0 aliphatic carbocycles. The molecular formula is C14H13BrN4O2. The summed E-state index contributed by atoms with van der Waals surface area (Å²) in [5, 5.41) is 6.96. The molecule has 0 radical (unpaired) electrons. The number of nitrogens with one attached hydrogen (secondary N) is 1. The Morgan fingerprint density at radius 3 is 2.95 bits per heavy atom. The van der Waals surface area contributed by atoms with Crippen molar-refractivity contribution in [1.29, 1.82) is 0 Å². The van der Waals surface area contributed by atoms with Crippen LogP contribution >= 0.6 is 15.9 Å². The number of rotatable bonds is 2. The molecule has 21 heavy (non-hydrogen) atoms. The van der Waals surface area contributed by atoms with Crippen molar-refractivity contribution in [2.24, 2.45) is 7.05 Å². The van der Waals surface area contributed by atoms with Crippen molar-refractivity contribution in [2.75, 3.05) is 16.8 Å². The lowest BCUT2D eigenvalue weighted by atomic mass is 10.1. The number of carbonyl (C=O) groups excluding carboxylic acids is 2. The fourth-order valence-corrected chi connectivity index (χ4v) is 2.63. The van der Waals surface area contributed by atoms with E-state index in [9.17, 15) is 9.59 Å². The number of aryl methyl sites for hydroxylation is 1. The molecular weight excluding hydrogens is 336 g/mol. The van der Waals surface area contributed by atoms with Crippen LogP contribution in [0.5, 0.6) is 0 Å². The molecule has 6 nitrogen and oxygen atoms in total. The highest BCUT2D eigenvalue weighted by Crippen LogP contribution is 2.32.